The molecule has 0 saturated heterocycles. The zero-order chi connectivity index (χ0) is 15.0. The van der Waals surface area contributed by atoms with Crippen LogP contribution in [0.25, 0.3) is 5.65 Å². The van der Waals surface area contributed by atoms with Crippen LogP contribution in [-0.4, -0.2) is 20.5 Å². The van der Waals surface area contributed by atoms with Gasteiger partial charge in [0, 0.05) is 10.2 Å². The third kappa shape index (κ3) is 2.67. The number of imidazole rings is 1. The normalized spacial score (nSPS) is 10.8. The first kappa shape index (κ1) is 13.8. The number of carbonyl (C=O) groups excluding carboxylic acids is 1. The minimum Gasteiger partial charge on any atom is -0.321 e. The second kappa shape index (κ2) is 5.29. The molecule has 0 unspecified atom stereocenters. The summed E-state index contributed by atoms with van der Waals surface area (Å²) in [6.07, 6.45) is 0. The predicted octanol–water partition coefficient (Wildman–Crippen LogP) is 3.36. The summed E-state index contributed by atoms with van der Waals surface area (Å²) < 4.78 is 2.65. The second-order valence-electron chi connectivity index (χ2n) is 4.73. The van der Waals surface area contributed by atoms with Crippen LogP contribution in [0.1, 0.15) is 21.9 Å². The number of hydrogen-bond acceptors (Lipinski definition) is 3. The molecular weight excluding hydrogens is 332 g/mol. The molecule has 0 radical (unpaired) electrons. The molecule has 0 spiro atoms. The monoisotopic (exact) mass is 344 g/mol. The Bertz CT molecular complexity index is 824. The van der Waals surface area contributed by atoms with Crippen LogP contribution in [0, 0.1) is 13.8 Å². The Morgan fingerprint density at radius 1 is 1.14 bits per heavy atom. The van der Waals surface area contributed by atoms with E-state index in [2.05, 4.69) is 31.3 Å². The number of rotatable bonds is 2. The van der Waals surface area contributed by atoms with Gasteiger partial charge in [0.15, 0.2) is 5.65 Å². The fourth-order valence-electron chi connectivity index (χ4n) is 2.00. The molecule has 5 nitrogen and oxygen atoms in total. The second-order valence-corrected chi connectivity index (χ2v) is 5.65. The summed E-state index contributed by atoms with van der Waals surface area (Å²) in [6.45, 7) is 3.85. The van der Waals surface area contributed by atoms with Crippen molar-refractivity contribution in [1.82, 2.24) is 14.6 Å². The third-order valence-corrected chi connectivity index (χ3v) is 3.80. The van der Waals surface area contributed by atoms with E-state index in [1.165, 1.54) is 0 Å². The maximum absolute atomic E-state index is 12.2. The van der Waals surface area contributed by atoms with Gasteiger partial charge in [-0.1, -0.05) is 15.9 Å². The molecule has 3 rings (SSSR count). The van der Waals surface area contributed by atoms with Crippen molar-refractivity contribution in [3.8, 4) is 0 Å². The first-order chi connectivity index (χ1) is 10.0. The van der Waals surface area contributed by atoms with Gasteiger partial charge in [-0.05, 0) is 50.2 Å². The summed E-state index contributed by atoms with van der Waals surface area (Å²) in [5.41, 5.74) is 3.66. The molecule has 3 aromatic rings. The molecule has 1 amide bonds. The van der Waals surface area contributed by atoms with Gasteiger partial charge >= 0.3 is 0 Å². The molecule has 106 valence electrons. The van der Waals surface area contributed by atoms with Crippen LogP contribution in [0.4, 0.5) is 5.69 Å². The molecule has 2 heterocycles. The average Bonchev–Trinajstić information content (AvgIpc) is 2.76. The first-order valence-corrected chi connectivity index (χ1v) is 7.24. The summed E-state index contributed by atoms with van der Waals surface area (Å²) in [5.74, 6) is -0.245. The zero-order valence-electron chi connectivity index (χ0n) is 11.6. The number of amides is 1. The molecule has 0 atom stereocenters. The molecule has 1 aromatic carbocycles. The topological polar surface area (TPSA) is 59.3 Å². The molecule has 1 N–H and O–H groups in total. The van der Waals surface area contributed by atoms with Gasteiger partial charge in [-0.25, -0.2) is 9.50 Å². The van der Waals surface area contributed by atoms with Crippen LogP contribution in [0.2, 0.25) is 0 Å². The number of aryl methyl sites for hydroxylation is 2. The van der Waals surface area contributed by atoms with Gasteiger partial charge < -0.3 is 5.32 Å². The number of anilines is 1. The van der Waals surface area contributed by atoms with Crippen LogP contribution in [0.15, 0.2) is 40.9 Å². The number of carbonyl (C=O) groups is 1. The van der Waals surface area contributed by atoms with Gasteiger partial charge in [-0.15, -0.1) is 0 Å². The highest BCUT2D eigenvalue weighted by atomic mass is 79.9. The van der Waals surface area contributed by atoms with Crippen molar-refractivity contribution in [2.24, 2.45) is 0 Å². The number of halogens is 1. The Labute approximate surface area is 130 Å². The van der Waals surface area contributed by atoms with Crippen molar-refractivity contribution >= 4 is 33.2 Å². The molecular formula is C15H13BrN4O. The third-order valence-electron chi connectivity index (χ3n) is 3.27. The number of benzene rings is 1. The molecule has 21 heavy (non-hydrogen) atoms. The first-order valence-electron chi connectivity index (χ1n) is 6.44. The van der Waals surface area contributed by atoms with E-state index < -0.39 is 0 Å². The van der Waals surface area contributed by atoms with Crippen LogP contribution in [0.5, 0.6) is 0 Å². The lowest BCUT2D eigenvalue weighted by Gasteiger charge is -2.05. The van der Waals surface area contributed by atoms with Gasteiger partial charge in [-0.3, -0.25) is 4.79 Å². The van der Waals surface area contributed by atoms with Crippen molar-refractivity contribution in [2.45, 2.75) is 13.8 Å². The molecule has 0 bridgehead atoms. The van der Waals surface area contributed by atoms with Crippen molar-refractivity contribution in [3.05, 3.63) is 58.0 Å². The molecule has 6 heteroatoms. The number of nitrogens with zero attached hydrogens (tertiary/aromatic N) is 3. The minimum atomic E-state index is -0.245. The van der Waals surface area contributed by atoms with E-state index in [4.69, 9.17) is 0 Å². The molecule has 0 aliphatic heterocycles. The Morgan fingerprint density at radius 3 is 2.57 bits per heavy atom. The Morgan fingerprint density at radius 2 is 1.86 bits per heavy atom. The smallest absolute Gasteiger partial charge is 0.276 e. The van der Waals surface area contributed by atoms with Crippen molar-refractivity contribution in [2.75, 3.05) is 5.32 Å². The van der Waals surface area contributed by atoms with Gasteiger partial charge in [0.2, 0.25) is 0 Å². The van der Waals surface area contributed by atoms with E-state index in [1.54, 1.807) is 16.6 Å². The highest BCUT2D eigenvalue weighted by Gasteiger charge is 2.11. The lowest BCUT2D eigenvalue weighted by atomic mass is 10.3. The number of hydrogen-bond donors (Lipinski definition) is 1. The van der Waals surface area contributed by atoms with Gasteiger partial charge in [0.1, 0.15) is 5.69 Å². The SMILES string of the molecule is Cc1nc2ccc(C(=O)Nc3ccc(Br)cc3)nn2c1C. The predicted molar refractivity (Wildman–Crippen MR) is 84.6 cm³/mol. The maximum Gasteiger partial charge on any atom is 0.276 e. The van der Waals surface area contributed by atoms with Crippen LogP contribution in [0.3, 0.4) is 0 Å². The molecule has 0 fully saturated rings. The summed E-state index contributed by atoms with van der Waals surface area (Å²) >= 11 is 3.36. The highest BCUT2D eigenvalue weighted by molar-refractivity contribution is 9.10. The quantitative estimate of drug-likeness (QED) is 0.775. The Kier molecular flexibility index (Phi) is 3.47. The Balaban J connectivity index is 1.90. The van der Waals surface area contributed by atoms with Gasteiger partial charge in [0.25, 0.3) is 5.91 Å². The van der Waals surface area contributed by atoms with E-state index in [1.807, 2.05) is 38.1 Å². The number of fused-ring (bicyclic) bond motifs is 1. The van der Waals surface area contributed by atoms with Crippen LogP contribution < -0.4 is 5.32 Å². The summed E-state index contributed by atoms with van der Waals surface area (Å²) in [6, 6.07) is 10.9. The van der Waals surface area contributed by atoms with E-state index in [0.717, 1.165) is 27.2 Å². The molecule has 0 saturated carbocycles. The molecule has 0 aliphatic carbocycles. The number of aromatic nitrogens is 3. The van der Waals surface area contributed by atoms with E-state index in [9.17, 15) is 4.79 Å². The van der Waals surface area contributed by atoms with Gasteiger partial charge in [0.05, 0.1) is 11.4 Å². The zero-order valence-corrected chi connectivity index (χ0v) is 13.2. The molecule has 0 aliphatic rings. The van der Waals surface area contributed by atoms with Crippen molar-refractivity contribution < 1.29 is 4.79 Å². The minimum absolute atomic E-state index is 0.245. The fourth-order valence-corrected chi connectivity index (χ4v) is 2.27. The van der Waals surface area contributed by atoms with Crippen LogP contribution in [-0.2, 0) is 0 Å². The fraction of sp³-hybridized carbons (Fsp3) is 0.133. The van der Waals surface area contributed by atoms with E-state index in [-0.39, 0.29) is 5.91 Å². The van der Waals surface area contributed by atoms with Crippen molar-refractivity contribution in [1.29, 1.82) is 0 Å². The van der Waals surface area contributed by atoms with E-state index in [0.29, 0.717) is 5.69 Å². The van der Waals surface area contributed by atoms with Gasteiger partial charge in [-0.2, -0.15) is 5.10 Å². The lowest BCUT2D eigenvalue weighted by Crippen LogP contribution is -2.15. The van der Waals surface area contributed by atoms with Crippen molar-refractivity contribution in [3.63, 3.8) is 0 Å². The Hall–Kier alpha value is -2.21. The standard InChI is InChI=1S/C15H13BrN4O/c1-9-10(2)20-14(17-9)8-7-13(19-20)15(21)18-12-5-3-11(16)4-6-12/h3-8H,1-2H3,(H,18,21). The van der Waals surface area contributed by atoms with E-state index >= 15 is 0 Å². The summed E-state index contributed by atoms with van der Waals surface area (Å²) in [5, 5.41) is 7.16. The largest absolute Gasteiger partial charge is 0.321 e. The molecule has 2 aromatic heterocycles. The van der Waals surface area contributed by atoms with Crippen LogP contribution >= 0.6 is 15.9 Å². The summed E-state index contributed by atoms with van der Waals surface area (Å²) in [7, 11) is 0. The number of nitrogens with one attached hydrogen (secondary N) is 1. The highest BCUT2D eigenvalue weighted by Crippen LogP contribution is 2.15. The summed E-state index contributed by atoms with van der Waals surface area (Å²) in [4.78, 5) is 16.6. The lowest BCUT2D eigenvalue weighted by molar-refractivity contribution is 0.102. The maximum atomic E-state index is 12.2. The average molecular weight is 345 g/mol.